The Balaban J connectivity index is 2.17. The molecule has 1 heterocycles. The molecule has 0 atom stereocenters. The fourth-order valence-electron chi connectivity index (χ4n) is 1.48. The van der Waals surface area contributed by atoms with Crippen molar-refractivity contribution < 1.29 is 4.79 Å². The lowest BCUT2D eigenvalue weighted by atomic mass is 10.1. The number of aromatic nitrogens is 1. The highest BCUT2D eigenvalue weighted by molar-refractivity contribution is 9.10. The van der Waals surface area contributed by atoms with Crippen molar-refractivity contribution in [3.05, 3.63) is 63.3 Å². The first-order valence-electron chi connectivity index (χ1n) is 5.05. The molecule has 0 N–H and O–H groups in total. The van der Waals surface area contributed by atoms with Gasteiger partial charge in [0.05, 0.1) is 6.42 Å². The number of carbonyl (C=O) groups is 1. The van der Waals surface area contributed by atoms with E-state index in [1.807, 2.05) is 12.1 Å². The van der Waals surface area contributed by atoms with Crippen molar-refractivity contribution in [3.63, 3.8) is 0 Å². The first kappa shape index (κ1) is 12.3. The van der Waals surface area contributed by atoms with Crippen LogP contribution in [0.2, 0.25) is 5.15 Å². The van der Waals surface area contributed by atoms with Crippen molar-refractivity contribution in [2.45, 2.75) is 6.42 Å². The molecule has 0 amide bonds. The highest BCUT2D eigenvalue weighted by atomic mass is 79.9. The molecule has 0 aliphatic carbocycles. The zero-order chi connectivity index (χ0) is 12.3. The van der Waals surface area contributed by atoms with Crippen molar-refractivity contribution in [2.75, 3.05) is 0 Å². The number of benzene rings is 1. The second-order valence-electron chi connectivity index (χ2n) is 3.56. The molecule has 1 aromatic heterocycles. The Kier molecular flexibility index (Phi) is 3.92. The molecule has 0 fully saturated rings. The fraction of sp³-hybridized carbons (Fsp3) is 0.0769. The van der Waals surface area contributed by atoms with Crippen molar-refractivity contribution >= 4 is 33.3 Å². The maximum absolute atomic E-state index is 12.0. The van der Waals surface area contributed by atoms with Gasteiger partial charge in [0.25, 0.3) is 0 Å². The Morgan fingerprint density at radius 1 is 1.24 bits per heavy atom. The molecule has 2 rings (SSSR count). The van der Waals surface area contributed by atoms with Gasteiger partial charge in [0.1, 0.15) is 5.15 Å². The van der Waals surface area contributed by atoms with Crippen LogP contribution in [0.4, 0.5) is 0 Å². The van der Waals surface area contributed by atoms with Crippen LogP contribution in [0.5, 0.6) is 0 Å². The SMILES string of the molecule is O=C(Cc1cccc(Cl)n1)c1cccc(Br)c1. The van der Waals surface area contributed by atoms with E-state index in [-0.39, 0.29) is 12.2 Å². The summed E-state index contributed by atoms with van der Waals surface area (Å²) in [5, 5.41) is 0.407. The predicted molar refractivity (Wildman–Crippen MR) is 71.4 cm³/mol. The van der Waals surface area contributed by atoms with Gasteiger partial charge < -0.3 is 0 Å². The van der Waals surface area contributed by atoms with Gasteiger partial charge in [-0.3, -0.25) is 4.79 Å². The Hall–Kier alpha value is -1.19. The van der Waals surface area contributed by atoms with Crippen LogP contribution in [0.3, 0.4) is 0 Å². The molecule has 0 saturated carbocycles. The van der Waals surface area contributed by atoms with E-state index in [9.17, 15) is 4.79 Å². The first-order valence-corrected chi connectivity index (χ1v) is 6.22. The Bertz CT molecular complexity index is 557. The van der Waals surface area contributed by atoms with E-state index < -0.39 is 0 Å². The summed E-state index contributed by atoms with van der Waals surface area (Å²) >= 11 is 9.11. The molecular weight excluding hydrogens is 302 g/mol. The van der Waals surface area contributed by atoms with Crippen molar-refractivity contribution in [1.82, 2.24) is 4.98 Å². The van der Waals surface area contributed by atoms with E-state index in [2.05, 4.69) is 20.9 Å². The number of hydrogen-bond donors (Lipinski definition) is 0. The van der Waals surface area contributed by atoms with Crippen LogP contribution >= 0.6 is 27.5 Å². The molecular formula is C13H9BrClNO. The summed E-state index contributed by atoms with van der Waals surface area (Å²) in [4.78, 5) is 16.1. The third kappa shape index (κ3) is 3.38. The van der Waals surface area contributed by atoms with E-state index in [0.717, 1.165) is 4.47 Å². The number of hydrogen-bond acceptors (Lipinski definition) is 2. The summed E-state index contributed by atoms with van der Waals surface area (Å²) in [6, 6.07) is 12.6. The number of rotatable bonds is 3. The Morgan fingerprint density at radius 2 is 2.00 bits per heavy atom. The monoisotopic (exact) mass is 309 g/mol. The van der Waals surface area contributed by atoms with Crippen LogP contribution in [-0.2, 0) is 6.42 Å². The van der Waals surface area contributed by atoms with Crippen LogP contribution in [0.25, 0.3) is 0 Å². The van der Waals surface area contributed by atoms with Gasteiger partial charge >= 0.3 is 0 Å². The molecule has 0 unspecified atom stereocenters. The topological polar surface area (TPSA) is 30.0 Å². The molecule has 0 aliphatic rings. The standard InChI is InChI=1S/C13H9BrClNO/c14-10-4-1-3-9(7-10)12(17)8-11-5-2-6-13(15)16-11/h1-7H,8H2. The maximum atomic E-state index is 12.0. The van der Waals surface area contributed by atoms with Crippen molar-refractivity contribution in [2.24, 2.45) is 0 Å². The minimum absolute atomic E-state index is 0.0288. The van der Waals surface area contributed by atoms with Gasteiger partial charge in [-0.05, 0) is 24.3 Å². The number of halogens is 2. The lowest BCUT2D eigenvalue weighted by molar-refractivity contribution is 0.0992. The first-order chi connectivity index (χ1) is 8.15. The molecule has 0 spiro atoms. The molecule has 0 bridgehead atoms. The zero-order valence-electron chi connectivity index (χ0n) is 8.86. The van der Waals surface area contributed by atoms with Gasteiger partial charge in [-0.1, -0.05) is 45.7 Å². The Morgan fingerprint density at radius 3 is 2.71 bits per heavy atom. The fourth-order valence-corrected chi connectivity index (χ4v) is 2.06. The van der Waals surface area contributed by atoms with Crippen molar-refractivity contribution in [1.29, 1.82) is 0 Å². The highest BCUT2D eigenvalue weighted by Crippen LogP contribution is 2.14. The molecule has 2 aromatic rings. The number of Topliss-reactive ketones (excluding diaryl/α,β-unsaturated/α-hetero) is 1. The molecule has 17 heavy (non-hydrogen) atoms. The summed E-state index contributed by atoms with van der Waals surface area (Å²) in [6.45, 7) is 0. The number of nitrogens with zero attached hydrogens (tertiary/aromatic N) is 1. The quantitative estimate of drug-likeness (QED) is 0.635. The molecule has 0 aliphatic heterocycles. The minimum atomic E-state index is 0.0288. The van der Waals surface area contributed by atoms with E-state index >= 15 is 0 Å². The van der Waals surface area contributed by atoms with Gasteiger partial charge in [-0.25, -0.2) is 4.98 Å². The average molecular weight is 311 g/mol. The number of carbonyl (C=O) groups excluding carboxylic acids is 1. The third-order valence-electron chi connectivity index (χ3n) is 2.26. The number of pyridine rings is 1. The van der Waals surface area contributed by atoms with Gasteiger partial charge in [0.15, 0.2) is 5.78 Å². The largest absolute Gasteiger partial charge is 0.294 e. The van der Waals surface area contributed by atoms with Crippen LogP contribution in [-0.4, -0.2) is 10.8 Å². The summed E-state index contributed by atoms with van der Waals surface area (Å²) in [7, 11) is 0. The normalized spacial score (nSPS) is 10.2. The van der Waals surface area contributed by atoms with Gasteiger partial charge in [0.2, 0.25) is 0 Å². The van der Waals surface area contributed by atoms with E-state index in [4.69, 9.17) is 11.6 Å². The van der Waals surface area contributed by atoms with Gasteiger partial charge in [-0.2, -0.15) is 0 Å². The maximum Gasteiger partial charge on any atom is 0.168 e. The van der Waals surface area contributed by atoms with E-state index in [1.54, 1.807) is 30.3 Å². The molecule has 2 nitrogen and oxygen atoms in total. The van der Waals surface area contributed by atoms with E-state index in [0.29, 0.717) is 16.4 Å². The van der Waals surface area contributed by atoms with Gasteiger partial charge in [-0.15, -0.1) is 0 Å². The summed E-state index contributed by atoms with van der Waals surface area (Å²) in [5.74, 6) is 0.0288. The Labute approximate surface area is 113 Å². The van der Waals surface area contributed by atoms with Crippen LogP contribution in [0.1, 0.15) is 16.1 Å². The van der Waals surface area contributed by atoms with Crippen LogP contribution < -0.4 is 0 Å². The molecule has 0 saturated heterocycles. The molecule has 4 heteroatoms. The zero-order valence-corrected chi connectivity index (χ0v) is 11.2. The predicted octanol–water partition coefficient (Wildman–Crippen LogP) is 3.92. The second-order valence-corrected chi connectivity index (χ2v) is 4.86. The lowest BCUT2D eigenvalue weighted by Gasteiger charge is -2.02. The average Bonchev–Trinajstić information content (AvgIpc) is 2.29. The highest BCUT2D eigenvalue weighted by Gasteiger charge is 2.08. The van der Waals surface area contributed by atoms with Crippen LogP contribution in [0, 0.1) is 0 Å². The third-order valence-corrected chi connectivity index (χ3v) is 2.96. The lowest BCUT2D eigenvalue weighted by Crippen LogP contribution is -2.04. The summed E-state index contributed by atoms with van der Waals surface area (Å²) < 4.78 is 0.891. The summed E-state index contributed by atoms with van der Waals surface area (Å²) in [5.41, 5.74) is 1.35. The molecule has 86 valence electrons. The second kappa shape index (κ2) is 5.43. The molecule has 1 aromatic carbocycles. The van der Waals surface area contributed by atoms with E-state index in [1.165, 1.54) is 0 Å². The van der Waals surface area contributed by atoms with Crippen molar-refractivity contribution in [3.8, 4) is 0 Å². The number of ketones is 1. The minimum Gasteiger partial charge on any atom is -0.294 e. The summed E-state index contributed by atoms with van der Waals surface area (Å²) in [6.07, 6.45) is 0.261. The smallest absolute Gasteiger partial charge is 0.168 e. The van der Waals surface area contributed by atoms with Gasteiger partial charge in [0, 0.05) is 15.7 Å². The van der Waals surface area contributed by atoms with Crippen LogP contribution in [0.15, 0.2) is 46.9 Å². The molecule has 0 radical (unpaired) electrons.